The number of rotatable bonds is 7. The van der Waals surface area contributed by atoms with Gasteiger partial charge in [-0.1, -0.05) is 43.8 Å². The molecule has 0 unspecified atom stereocenters. The molecule has 3 rings (SSSR count). The zero-order valence-corrected chi connectivity index (χ0v) is 17.9. The summed E-state index contributed by atoms with van der Waals surface area (Å²) in [7, 11) is 0. The fourth-order valence-electron chi connectivity index (χ4n) is 2.71. The number of nitrogens with one attached hydrogen (secondary N) is 2. The van der Waals surface area contributed by atoms with Crippen LogP contribution in [0.3, 0.4) is 0 Å². The van der Waals surface area contributed by atoms with Crippen LogP contribution in [0.25, 0.3) is 17.1 Å². The van der Waals surface area contributed by atoms with Gasteiger partial charge in [-0.3, -0.25) is 19.7 Å². The largest absolute Gasteiger partial charge is 0.338 e. The van der Waals surface area contributed by atoms with Crippen molar-refractivity contribution in [3.8, 4) is 17.1 Å². The van der Waals surface area contributed by atoms with Crippen molar-refractivity contribution in [2.75, 3.05) is 12.3 Å². The van der Waals surface area contributed by atoms with E-state index in [0.29, 0.717) is 23.4 Å². The van der Waals surface area contributed by atoms with Crippen LogP contribution < -0.4 is 10.6 Å². The average molecular weight is 425 g/mol. The van der Waals surface area contributed by atoms with Gasteiger partial charge in [0.2, 0.25) is 5.91 Å². The van der Waals surface area contributed by atoms with Gasteiger partial charge in [0.15, 0.2) is 11.0 Å². The van der Waals surface area contributed by atoms with E-state index in [9.17, 15) is 9.59 Å². The van der Waals surface area contributed by atoms with E-state index in [4.69, 9.17) is 0 Å². The molecule has 9 heteroatoms. The van der Waals surface area contributed by atoms with Gasteiger partial charge >= 0.3 is 6.03 Å². The molecule has 2 heterocycles. The minimum atomic E-state index is -0.495. The Hall–Kier alpha value is -3.20. The number of urea groups is 1. The highest BCUT2D eigenvalue weighted by Crippen LogP contribution is 2.28. The van der Waals surface area contributed by atoms with Crippen LogP contribution in [0.15, 0.2) is 53.9 Å². The van der Waals surface area contributed by atoms with Gasteiger partial charge in [-0.05, 0) is 36.6 Å². The monoisotopic (exact) mass is 424 g/mol. The van der Waals surface area contributed by atoms with Crippen LogP contribution in [0.2, 0.25) is 0 Å². The first kappa shape index (κ1) is 21.5. The second-order valence-corrected chi connectivity index (χ2v) is 8.05. The molecule has 0 saturated heterocycles. The van der Waals surface area contributed by atoms with Crippen LogP contribution in [-0.4, -0.2) is 44.0 Å². The third kappa shape index (κ3) is 5.44. The molecule has 0 atom stereocenters. The molecular formula is C21H24N6O2S. The van der Waals surface area contributed by atoms with Crippen molar-refractivity contribution in [2.45, 2.75) is 25.9 Å². The Morgan fingerprint density at radius 3 is 2.63 bits per heavy atom. The van der Waals surface area contributed by atoms with Crippen molar-refractivity contribution >= 4 is 23.7 Å². The van der Waals surface area contributed by atoms with Crippen molar-refractivity contribution in [3.05, 3.63) is 54.4 Å². The molecule has 8 nitrogen and oxygen atoms in total. The quantitative estimate of drug-likeness (QED) is 0.565. The first-order chi connectivity index (χ1) is 14.5. The molecule has 2 N–H and O–H groups in total. The molecule has 0 fully saturated rings. The summed E-state index contributed by atoms with van der Waals surface area (Å²) in [5.74, 6) is 0.573. The first-order valence-electron chi connectivity index (χ1n) is 9.58. The van der Waals surface area contributed by atoms with Gasteiger partial charge in [-0.15, -0.1) is 10.2 Å². The summed E-state index contributed by atoms with van der Waals surface area (Å²) < 4.78 is 1.91. The fraction of sp³-hybridized carbons (Fsp3) is 0.286. The van der Waals surface area contributed by atoms with Gasteiger partial charge in [0.1, 0.15) is 0 Å². The van der Waals surface area contributed by atoms with Crippen molar-refractivity contribution in [2.24, 2.45) is 5.92 Å². The first-order valence-corrected chi connectivity index (χ1v) is 10.6. The van der Waals surface area contributed by atoms with Crippen molar-refractivity contribution in [1.82, 2.24) is 30.4 Å². The Balaban J connectivity index is 1.80. The minimum absolute atomic E-state index is 0.0339. The van der Waals surface area contributed by atoms with E-state index in [1.165, 1.54) is 11.8 Å². The van der Waals surface area contributed by atoms with Gasteiger partial charge < -0.3 is 5.32 Å². The molecule has 156 valence electrons. The number of hydrogen-bond donors (Lipinski definition) is 2. The second kappa shape index (κ2) is 10.0. The highest BCUT2D eigenvalue weighted by atomic mass is 32.2. The third-order valence-corrected chi connectivity index (χ3v) is 5.09. The Labute approximate surface area is 179 Å². The maximum Gasteiger partial charge on any atom is 0.321 e. The van der Waals surface area contributed by atoms with Crippen molar-refractivity contribution < 1.29 is 9.59 Å². The Morgan fingerprint density at radius 1 is 1.13 bits per heavy atom. The molecular weight excluding hydrogens is 400 g/mol. The van der Waals surface area contributed by atoms with Crippen molar-refractivity contribution in [1.29, 1.82) is 0 Å². The number of nitrogens with zero attached hydrogens (tertiary/aromatic N) is 4. The number of thioether (sulfide) groups is 1. The van der Waals surface area contributed by atoms with Gasteiger partial charge in [-0.2, -0.15) is 0 Å². The molecule has 2 aromatic heterocycles. The Morgan fingerprint density at radius 2 is 1.93 bits per heavy atom. The predicted molar refractivity (Wildman–Crippen MR) is 116 cm³/mol. The number of amides is 3. The Bertz CT molecular complexity index is 1020. The maximum absolute atomic E-state index is 12.2. The molecule has 0 spiro atoms. The van der Waals surface area contributed by atoms with Crippen LogP contribution in [0.1, 0.15) is 19.4 Å². The van der Waals surface area contributed by atoms with E-state index < -0.39 is 11.9 Å². The number of para-hydroxylation sites is 1. The lowest BCUT2D eigenvalue weighted by molar-refractivity contribution is -0.117. The van der Waals surface area contributed by atoms with Crippen LogP contribution in [0.5, 0.6) is 0 Å². The molecule has 3 aromatic rings. The lowest BCUT2D eigenvalue weighted by Crippen LogP contribution is -2.41. The van der Waals surface area contributed by atoms with Crippen molar-refractivity contribution in [3.63, 3.8) is 0 Å². The summed E-state index contributed by atoms with van der Waals surface area (Å²) in [4.78, 5) is 28.2. The summed E-state index contributed by atoms with van der Waals surface area (Å²) in [5.41, 5.74) is 2.78. The predicted octanol–water partition coefficient (Wildman–Crippen LogP) is 3.21. The van der Waals surface area contributed by atoms with E-state index in [-0.39, 0.29) is 5.75 Å². The van der Waals surface area contributed by atoms with E-state index in [2.05, 4.69) is 25.8 Å². The van der Waals surface area contributed by atoms with E-state index in [1.54, 1.807) is 12.4 Å². The smallest absolute Gasteiger partial charge is 0.321 e. The number of carbonyl (C=O) groups excluding carboxylic acids is 2. The zero-order chi connectivity index (χ0) is 21.5. The highest BCUT2D eigenvalue weighted by molar-refractivity contribution is 7.99. The summed E-state index contributed by atoms with van der Waals surface area (Å²) in [5, 5.41) is 14.2. The molecule has 0 aliphatic heterocycles. The molecule has 0 aliphatic rings. The second-order valence-electron chi connectivity index (χ2n) is 7.11. The number of hydrogen-bond acceptors (Lipinski definition) is 6. The zero-order valence-electron chi connectivity index (χ0n) is 17.1. The standard InChI is InChI=1S/C21H24N6O2S/c1-14(2)11-23-20(29)24-18(28)13-30-21-26-25-19(16-8-6-10-22-12-16)27(21)17-9-5-4-7-15(17)3/h4-10,12,14H,11,13H2,1-3H3,(H2,23,24,28,29). The van der Waals surface area contributed by atoms with E-state index in [1.807, 2.05) is 61.7 Å². The molecule has 0 aliphatic carbocycles. The van der Waals surface area contributed by atoms with Gasteiger partial charge in [-0.25, -0.2) is 4.79 Å². The molecule has 3 amide bonds. The summed E-state index contributed by atoms with van der Waals surface area (Å²) in [6.45, 7) is 6.47. The van der Waals surface area contributed by atoms with Crippen LogP contribution in [0, 0.1) is 12.8 Å². The van der Waals surface area contributed by atoms with E-state index in [0.717, 1.165) is 16.8 Å². The number of carbonyl (C=O) groups is 2. The lowest BCUT2D eigenvalue weighted by Gasteiger charge is -2.13. The van der Waals surface area contributed by atoms with E-state index >= 15 is 0 Å². The topological polar surface area (TPSA) is 102 Å². The lowest BCUT2D eigenvalue weighted by atomic mass is 10.2. The molecule has 0 saturated carbocycles. The molecule has 1 aromatic carbocycles. The van der Waals surface area contributed by atoms with Gasteiger partial charge in [0, 0.05) is 24.5 Å². The van der Waals surface area contributed by atoms with Crippen LogP contribution >= 0.6 is 11.8 Å². The number of aromatic nitrogens is 4. The number of pyridine rings is 1. The molecule has 0 radical (unpaired) electrons. The summed E-state index contributed by atoms with van der Waals surface area (Å²) in [6, 6.07) is 11.1. The number of benzene rings is 1. The van der Waals surface area contributed by atoms with Crippen LogP contribution in [0.4, 0.5) is 4.79 Å². The Kier molecular flexibility index (Phi) is 7.18. The average Bonchev–Trinajstić information content (AvgIpc) is 3.15. The molecule has 30 heavy (non-hydrogen) atoms. The molecule has 0 bridgehead atoms. The van der Waals surface area contributed by atoms with Gasteiger partial charge in [0.05, 0.1) is 11.4 Å². The SMILES string of the molecule is Cc1ccccc1-n1c(SCC(=O)NC(=O)NCC(C)C)nnc1-c1cccnc1. The number of imide groups is 1. The number of aryl methyl sites for hydroxylation is 1. The summed E-state index contributed by atoms with van der Waals surface area (Å²) in [6.07, 6.45) is 3.42. The third-order valence-electron chi connectivity index (χ3n) is 4.17. The van der Waals surface area contributed by atoms with Gasteiger partial charge in [0.25, 0.3) is 0 Å². The minimum Gasteiger partial charge on any atom is -0.338 e. The van der Waals surface area contributed by atoms with Crippen LogP contribution in [-0.2, 0) is 4.79 Å². The maximum atomic E-state index is 12.2. The highest BCUT2D eigenvalue weighted by Gasteiger charge is 2.19. The normalized spacial score (nSPS) is 10.8. The fourth-order valence-corrected chi connectivity index (χ4v) is 3.46. The summed E-state index contributed by atoms with van der Waals surface area (Å²) >= 11 is 1.22.